The van der Waals surface area contributed by atoms with Gasteiger partial charge in [-0.1, -0.05) is 25.5 Å². The van der Waals surface area contributed by atoms with E-state index in [-0.39, 0.29) is 23.1 Å². The number of nitriles is 1. The lowest BCUT2D eigenvalue weighted by Gasteiger charge is -2.62. The van der Waals surface area contributed by atoms with Gasteiger partial charge in [0.1, 0.15) is 6.04 Å². The number of nitrogens with one attached hydrogen (secondary N) is 1. The van der Waals surface area contributed by atoms with Gasteiger partial charge in [0.2, 0.25) is 5.91 Å². The first-order valence-electron chi connectivity index (χ1n) is 10.7. The zero-order valence-electron chi connectivity index (χ0n) is 16.6. The van der Waals surface area contributed by atoms with Gasteiger partial charge in [0.25, 0.3) is 0 Å². The van der Waals surface area contributed by atoms with Crippen LogP contribution < -0.4 is 5.32 Å². The van der Waals surface area contributed by atoms with Crippen molar-refractivity contribution in [2.45, 2.75) is 81.9 Å². The number of amides is 1. The SMILES string of the molecule is C=C1C[C@@H](C#N)N(C(=O)CNC23CC4CC(C2)CC(OCCCC)(C4)C3)C1. The molecule has 0 spiro atoms. The Kier molecular flexibility index (Phi) is 5.07. The Balaban J connectivity index is 1.40. The highest BCUT2D eigenvalue weighted by atomic mass is 16.5. The van der Waals surface area contributed by atoms with Crippen LogP contribution in [-0.4, -0.2) is 47.7 Å². The fourth-order valence-electron chi connectivity index (χ4n) is 6.53. The van der Waals surface area contributed by atoms with E-state index in [9.17, 15) is 10.1 Å². The van der Waals surface area contributed by atoms with E-state index in [1.165, 1.54) is 38.5 Å². The van der Waals surface area contributed by atoms with Crippen LogP contribution >= 0.6 is 0 Å². The van der Waals surface area contributed by atoms with Crippen molar-refractivity contribution in [3.05, 3.63) is 12.2 Å². The number of carbonyl (C=O) groups excluding carboxylic acids is 1. The highest BCUT2D eigenvalue weighted by Gasteiger charge is 2.58. The second-order valence-electron chi connectivity index (χ2n) is 9.60. The van der Waals surface area contributed by atoms with Gasteiger partial charge in [0.15, 0.2) is 0 Å². The molecule has 1 saturated heterocycles. The molecular weight excluding hydrogens is 338 g/mol. The summed E-state index contributed by atoms with van der Waals surface area (Å²) in [7, 11) is 0. The minimum absolute atomic E-state index is 0.0341. The smallest absolute Gasteiger partial charge is 0.237 e. The summed E-state index contributed by atoms with van der Waals surface area (Å²) in [6.45, 7) is 7.89. The number of rotatable bonds is 7. The molecule has 0 radical (unpaired) electrons. The van der Waals surface area contributed by atoms with Gasteiger partial charge in [-0.05, 0) is 56.8 Å². The predicted molar refractivity (Wildman–Crippen MR) is 104 cm³/mol. The van der Waals surface area contributed by atoms with Crippen LogP contribution in [0.5, 0.6) is 0 Å². The molecule has 1 amide bonds. The van der Waals surface area contributed by atoms with Crippen LogP contribution in [0.3, 0.4) is 0 Å². The maximum absolute atomic E-state index is 12.8. The standard InChI is InChI=1S/C22H33N3O2/c1-3-4-5-27-22-10-17-7-18(11-22)9-21(8-17,15-22)24-13-20(26)25-14-16(2)6-19(25)12-23/h17-19,24H,2-11,13-15H2,1H3/t17?,18?,19-,21?,22?/m0/s1. The van der Waals surface area contributed by atoms with Gasteiger partial charge in [-0.15, -0.1) is 0 Å². The van der Waals surface area contributed by atoms with Crippen molar-refractivity contribution in [2.75, 3.05) is 19.7 Å². The largest absolute Gasteiger partial charge is 0.375 e. The zero-order valence-corrected chi connectivity index (χ0v) is 16.6. The summed E-state index contributed by atoms with van der Waals surface area (Å²) in [5.74, 6) is 1.50. The Morgan fingerprint density at radius 2 is 2.11 bits per heavy atom. The number of nitrogens with zero attached hydrogens (tertiary/aromatic N) is 2. The first kappa shape index (κ1) is 19.0. The molecule has 1 aliphatic heterocycles. The molecule has 148 valence electrons. The van der Waals surface area contributed by atoms with Crippen LogP contribution in [0.1, 0.15) is 64.7 Å². The van der Waals surface area contributed by atoms with Crippen LogP contribution in [0, 0.1) is 23.2 Å². The van der Waals surface area contributed by atoms with E-state index in [0.717, 1.165) is 36.9 Å². The highest BCUT2D eigenvalue weighted by Crippen LogP contribution is 2.58. The van der Waals surface area contributed by atoms with E-state index in [1.54, 1.807) is 4.90 Å². The van der Waals surface area contributed by atoms with Gasteiger partial charge in [-0.25, -0.2) is 0 Å². The fraction of sp³-hybridized carbons (Fsp3) is 0.818. The summed E-state index contributed by atoms with van der Waals surface area (Å²) in [5, 5.41) is 13.0. The molecule has 27 heavy (non-hydrogen) atoms. The molecule has 5 aliphatic rings. The molecule has 5 rings (SSSR count). The van der Waals surface area contributed by atoms with Gasteiger partial charge in [-0.3, -0.25) is 4.79 Å². The number of hydrogen-bond acceptors (Lipinski definition) is 4. The monoisotopic (exact) mass is 371 g/mol. The van der Waals surface area contributed by atoms with Crippen molar-refractivity contribution in [2.24, 2.45) is 11.8 Å². The van der Waals surface area contributed by atoms with E-state index in [4.69, 9.17) is 4.74 Å². The van der Waals surface area contributed by atoms with E-state index in [0.29, 0.717) is 19.5 Å². The summed E-state index contributed by atoms with van der Waals surface area (Å²) >= 11 is 0. The van der Waals surface area contributed by atoms with Crippen LogP contribution in [0.4, 0.5) is 0 Å². The Bertz CT molecular complexity index is 638. The predicted octanol–water partition coefficient (Wildman–Crippen LogP) is 3.16. The van der Waals surface area contributed by atoms with Crippen LogP contribution in [-0.2, 0) is 9.53 Å². The molecule has 3 atom stereocenters. The van der Waals surface area contributed by atoms with E-state index >= 15 is 0 Å². The van der Waals surface area contributed by atoms with Crippen LogP contribution in [0.15, 0.2) is 12.2 Å². The normalized spacial score (nSPS) is 39.8. The molecule has 1 N–H and O–H groups in total. The van der Waals surface area contributed by atoms with Gasteiger partial charge in [0, 0.05) is 25.1 Å². The van der Waals surface area contributed by atoms with Crippen LogP contribution in [0.2, 0.25) is 0 Å². The number of hydrogen-bond donors (Lipinski definition) is 1. The summed E-state index contributed by atoms with van der Waals surface area (Å²) in [6.07, 6.45) is 10.0. The summed E-state index contributed by atoms with van der Waals surface area (Å²) in [4.78, 5) is 14.5. The molecule has 5 heteroatoms. The van der Waals surface area contributed by atoms with Crippen molar-refractivity contribution < 1.29 is 9.53 Å². The molecule has 4 aliphatic carbocycles. The number of ether oxygens (including phenoxy) is 1. The second-order valence-corrected chi connectivity index (χ2v) is 9.60. The lowest BCUT2D eigenvalue weighted by atomic mass is 9.51. The Morgan fingerprint density at radius 1 is 1.37 bits per heavy atom. The molecule has 0 aromatic heterocycles. The Hall–Kier alpha value is -1.38. The quantitative estimate of drug-likeness (QED) is 0.551. The molecular formula is C22H33N3O2. The average Bonchev–Trinajstić information content (AvgIpc) is 3.00. The minimum Gasteiger partial charge on any atom is -0.375 e. The third kappa shape index (κ3) is 3.67. The maximum atomic E-state index is 12.8. The molecule has 4 bridgehead atoms. The van der Waals surface area contributed by atoms with Crippen molar-refractivity contribution >= 4 is 5.91 Å². The fourth-order valence-corrected chi connectivity index (χ4v) is 6.53. The molecule has 0 aromatic rings. The summed E-state index contributed by atoms with van der Waals surface area (Å²) in [5.41, 5.74) is 1.06. The third-order valence-electron chi connectivity index (χ3n) is 7.25. The zero-order chi connectivity index (χ0) is 19.1. The van der Waals surface area contributed by atoms with Crippen molar-refractivity contribution in [3.63, 3.8) is 0 Å². The van der Waals surface area contributed by atoms with Gasteiger partial charge in [0.05, 0.1) is 18.2 Å². The molecule has 2 unspecified atom stereocenters. The molecule has 4 saturated carbocycles. The van der Waals surface area contributed by atoms with Gasteiger partial charge >= 0.3 is 0 Å². The summed E-state index contributed by atoms with van der Waals surface area (Å²) in [6, 6.07) is 1.91. The van der Waals surface area contributed by atoms with Crippen molar-refractivity contribution in [3.8, 4) is 6.07 Å². The first-order valence-corrected chi connectivity index (χ1v) is 10.7. The van der Waals surface area contributed by atoms with E-state index in [2.05, 4.69) is 24.9 Å². The number of unbranched alkanes of at least 4 members (excludes halogenated alkanes) is 1. The lowest BCUT2D eigenvalue weighted by Crippen LogP contribution is -2.66. The number of likely N-dealkylation sites (tertiary alicyclic amines) is 1. The maximum Gasteiger partial charge on any atom is 0.237 e. The van der Waals surface area contributed by atoms with E-state index in [1.807, 2.05) is 0 Å². The topological polar surface area (TPSA) is 65.4 Å². The second kappa shape index (κ2) is 7.22. The molecule has 5 nitrogen and oxygen atoms in total. The van der Waals surface area contributed by atoms with E-state index < -0.39 is 0 Å². The Morgan fingerprint density at radius 3 is 2.78 bits per heavy atom. The third-order valence-corrected chi connectivity index (χ3v) is 7.25. The molecule has 0 aromatic carbocycles. The lowest BCUT2D eigenvalue weighted by molar-refractivity contribution is -0.176. The Labute approximate surface area is 163 Å². The van der Waals surface area contributed by atoms with Crippen molar-refractivity contribution in [1.82, 2.24) is 10.2 Å². The van der Waals surface area contributed by atoms with Crippen LogP contribution in [0.25, 0.3) is 0 Å². The van der Waals surface area contributed by atoms with Gasteiger partial charge in [-0.2, -0.15) is 5.26 Å². The molecule has 5 fully saturated rings. The molecule has 1 heterocycles. The average molecular weight is 372 g/mol. The van der Waals surface area contributed by atoms with Gasteiger partial charge < -0.3 is 15.0 Å². The summed E-state index contributed by atoms with van der Waals surface area (Å²) < 4.78 is 6.47. The van der Waals surface area contributed by atoms with Crippen molar-refractivity contribution in [1.29, 1.82) is 5.26 Å². The minimum atomic E-state index is -0.341. The first-order chi connectivity index (χ1) is 13.0. The highest BCUT2D eigenvalue weighted by molar-refractivity contribution is 5.80. The number of carbonyl (C=O) groups is 1.